The van der Waals surface area contributed by atoms with Crippen LogP contribution >= 0.6 is 0 Å². The highest BCUT2D eigenvalue weighted by molar-refractivity contribution is 5.73. The van der Waals surface area contributed by atoms with Crippen molar-refractivity contribution in [3.05, 3.63) is 18.2 Å². The molecule has 1 aromatic carbocycles. The van der Waals surface area contributed by atoms with Gasteiger partial charge in [-0.25, -0.2) is 0 Å². The van der Waals surface area contributed by atoms with E-state index in [-0.39, 0.29) is 17.9 Å². The molecule has 118 valence electrons. The lowest BCUT2D eigenvalue weighted by Crippen LogP contribution is -2.30. The van der Waals surface area contributed by atoms with Crippen LogP contribution in [0.3, 0.4) is 0 Å². The Kier molecular flexibility index (Phi) is 6.85. The lowest BCUT2D eigenvalue weighted by atomic mass is 10.0. The Labute approximate surface area is 126 Å². The van der Waals surface area contributed by atoms with Crippen LogP contribution in [0.5, 0.6) is 11.5 Å². The Morgan fingerprint density at radius 1 is 1.14 bits per heavy atom. The summed E-state index contributed by atoms with van der Waals surface area (Å²) < 4.78 is 15.9. The van der Waals surface area contributed by atoms with Crippen LogP contribution in [0.25, 0.3) is 0 Å². The van der Waals surface area contributed by atoms with Gasteiger partial charge in [0.25, 0.3) is 0 Å². The quantitative estimate of drug-likeness (QED) is 0.747. The standard InChI is InChI=1S/C16H25NO4/c1-6-20-14-9-8-13(10-15(14)21-7-2)17-12(4)11(3)16(18)19-5/h8-12,17H,6-7H2,1-5H3. The average Bonchev–Trinajstić information content (AvgIpc) is 2.48. The van der Waals surface area contributed by atoms with Gasteiger partial charge in [0.1, 0.15) is 0 Å². The lowest BCUT2D eigenvalue weighted by molar-refractivity contribution is -0.145. The maximum atomic E-state index is 11.5. The molecule has 0 bridgehead atoms. The molecule has 1 aromatic rings. The highest BCUT2D eigenvalue weighted by Gasteiger charge is 2.21. The average molecular weight is 295 g/mol. The van der Waals surface area contributed by atoms with Crippen LogP contribution in [-0.4, -0.2) is 32.3 Å². The van der Waals surface area contributed by atoms with Crippen LogP contribution in [0.15, 0.2) is 18.2 Å². The summed E-state index contributed by atoms with van der Waals surface area (Å²) in [6.07, 6.45) is 0. The Morgan fingerprint density at radius 3 is 2.33 bits per heavy atom. The number of nitrogens with one attached hydrogen (secondary N) is 1. The SMILES string of the molecule is CCOc1ccc(NC(C)C(C)C(=O)OC)cc1OCC. The van der Waals surface area contributed by atoms with Gasteiger partial charge in [-0.3, -0.25) is 4.79 Å². The Hall–Kier alpha value is -1.91. The molecule has 5 nitrogen and oxygen atoms in total. The zero-order valence-electron chi connectivity index (χ0n) is 13.4. The lowest BCUT2D eigenvalue weighted by Gasteiger charge is -2.21. The van der Waals surface area contributed by atoms with E-state index in [1.54, 1.807) is 0 Å². The molecule has 0 amide bonds. The number of esters is 1. The molecule has 21 heavy (non-hydrogen) atoms. The van der Waals surface area contributed by atoms with Gasteiger partial charge in [-0.2, -0.15) is 0 Å². The Morgan fingerprint density at radius 2 is 1.76 bits per heavy atom. The van der Waals surface area contributed by atoms with Gasteiger partial charge >= 0.3 is 5.97 Å². The van der Waals surface area contributed by atoms with Gasteiger partial charge in [-0.05, 0) is 39.8 Å². The van der Waals surface area contributed by atoms with Gasteiger partial charge in [-0.15, -0.1) is 0 Å². The highest BCUT2D eigenvalue weighted by Crippen LogP contribution is 2.31. The molecule has 1 rings (SSSR count). The molecule has 0 radical (unpaired) electrons. The number of carbonyl (C=O) groups excluding carboxylic acids is 1. The first-order chi connectivity index (χ1) is 10.0. The van der Waals surface area contributed by atoms with Crippen molar-refractivity contribution in [1.29, 1.82) is 0 Å². The van der Waals surface area contributed by atoms with E-state index in [1.165, 1.54) is 7.11 Å². The first-order valence-electron chi connectivity index (χ1n) is 7.27. The normalized spacial score (nSPS) is 13.2. The zero-order chi connectivity index (χ0) is 15.8. The molecule has 0 aromatic heterocycles. The Balaban J connectivity index is 2.83. The van der Waals surface area contributed by atoms with Gasteiger partial charge in [-0.1, -0.05) is 0 Å². The summed E-state index contributed by atoms with van der Waals surface area (Å²) in [5.41, 5.74) is 0.880. The first-order valence-corrected chi connectivity index (χ1v) is 7.27. The molecule has 0 aliphatic carbocycles. The second-order valence-corrected chi connectivity index (χ2v) is 4.77. The Bertz CT molecular complexity index is 462. The minimum atomic E-state index is -0.239. The number of hydrogen-bond acceptors (Lipinski definition) is 5. The molecular formula is C16H25NO4. The molecule has 2 atom stereocenters. The fourth-order valence-corrected chi connectivity index (χ4v) is 1.92. The van der Waals surface area contributed by atoms with Crippen molar-refractivity contribution in [2.24, 2.45) is 5.92 Å². The van der Waals surface area contributed by atoms with Crippen LogP contribution in [-0.2, 0) is 9.53 Å². The number of rotatable bonds is 8. The van der Waals surface area contributed by atoms with E-state index in [2.05, 4.69) is 5.32 Å². The van der Waals surface area contributed by atoms with Crippen molar-refractivity contribution in [1.82, 2.24) is 0 Å². The van der Waals surface area contributed by atoms with Crippen molar-refractivity contribution in [2.75, 3.05) is 25.6 Å². The van der Waals surface area contributed by atoms with Crippen molar-refractivity contribution < 1.29 is 19.0 Å². The zero-order valence-corrected chi connectivity index (χ0v) is 13.4. The van der Waals surface area contributed by atoms with Gasteiger partial charge in [0.15, 0.2) is 11.5 Å². The molecule has 0 fully saturated rings. The third kappa shape index (κ3) is 4.85. The second kappa shape index (κ2) is 8.39. The summed E-state index contributed by atoms with van der Waals surface area (Å²) in [5.74, 6) is 0.948. The third-order valence-corrected chi connectivity index (χ3v) is 3.26. The minimum absolute atomic E-state index is 0.0510. The summed E-state index contributed by atoms with van der Waals surface area (Å²) >= 11 is 0. The van der Waals surface area contributed by atoms with Crippen molar-refractivity contribution in [3.8, 4) is 11.5 Å². The summed E-state index contributed by atoms with van der Waals surface area (Å²) in [6, 6.07) is 5.61. The highest BCUT2D eigenvalue weighted by atomic mass is 16.5. The maximum absolute atomic E-state index is 11.5. The van der Waals surface area contributed by atoms with E-state index in [0.29, 0.717) is 19.0 Å². The molecule has 0 saturated carbocycles. The summed E-state index contributed by atoms with van der Waals surface area (Å²) in [7, 11) is 1.40. The van der Waals surface area contributed by atoms with E-state index < -0.39 is 0 Å². The first kappa shape index (κ1) is 17.1. The van der Waals surface area contributed by atoms with E-state index >= 15 is 0 Å². The fraction of sp³-hybridized carbons (Fsp3) is 0.562. The molecule has 0 spiro atoms. The number of benzene rings is 1. The predicted molar refractivity (Wildman–Crippen MR) is 83.0 cm³/mol. The molecule has 0 aliphatic rings. The van der Waals surface area contributed by atoms with Crippen LogP contribution in [0, 0.1) is 5.92 Å². The van der Waals surface area contributed by atoms with E-state index in [4.69, 9.17) is 14.2 Å². The topological polar surface area (TPSA) is 56.8 Å². The second-order valence-electron chi connectivity index (χ2n) is 4.77. The molecule has 1 N–H and O–H groups in total. The van der Waals surface area contributed by atoms with Gasteiger partial charge in [0.05, 0.1) is 26.2 Å². The number of ether oxygens (including phenoxy) is 3. The molecule has 5 heteroatoms. The van der Waals surface area contributed by atoms with Gasteiger partial charge in [0, 0.05) is 17.8 Å². The summed E-state index contributed by atoms with van der Waals surface area (Å²) in [6.45, 7) is 8.79. The monoisotopic (exact) mass is 295 g/mol. The van der Waals surface area contributed by atoms with Crippen LogP contribution in [0.4, 0.5) is 5.69 Å². The third-order valence-electron chi connectivity index (χ3n) is 3.26. The van der Waals surface area contributed by atoms with E-state index in [9.17, 15) is 4.79 Å². The largest absolute Gasteiger partial charge is 0.490 e. The molecule has 0 heterocycles. The van der Waals surface area contributed by atoms with Crippen molar-refractivity contribution >= 4 is 11.7 Å². The van der Waals surface area contributed by atoms with Crippen molar-refractivity contribution in [3.63, 3.8) is 0 Å². The molecule has 0 saturated heterocycles. The molecule has 0 aliphatic heterocycles. The minimum Gasteiger partial charge on any atom is -0.490 e. The number of anilines is 1. The number of methoxy groups -OCH3 is 1. The predicted octanol–water partition coefficient (Wildman–Crippen LogP) is 3.09. The summed E-state index contributed by atoms with van der Waals surface area (Å²) in [5, 5.41) is 3.29. The fourth-order valence-electron chi connectivity index (χ4n) is 1.92. The molecular weight excluding hydrogens is 270 g/mol. The van der Waals surface area contributed by atoms with Crippen molar-refractivity contribution in [2.45, 2.75) is 33.7 Å². The van der Waals surface area contributed by atoms with Crippen LogP contribution < -0.4 is 14.8 Å². The van der Waals surface area contributed by atoms with Gasteiger partial charge in [0.2, 0.25) is 0 Å². The number of carbonyl (C=O) groups is 1. The number of hydrogen-bond donors (Lipinski definition) is 1. The smallest absolute Gasteiger partial charge is 0.310 e. The van der Waals surface area contributed by atoms with E-state index in [0.717, 1.165) is 11.4 Å². The van der Waals surface area contributed by atoms with Crippen LogP contribution in [0.1, 0.15) is 27.7 Å². The maximum Gasteiger partial charge on any atom is 0.310 e. The van der Waals surface area contributed by atoms with Gasteiger partial charge < -0.3 is 19.5 Å². The van der Waals surface area contributed by atoms with Crippen LogP contribution in [0.2, 0.25) is 0 Å². The summed E-state index contributed by atoms with van der Waals surface area (Å²) in [4.78, 5) is 11.5. The molecule has 2 unspecified atom stereocenters. The van der Waals surface area contributed by atoms with E-state index in [1.807, 2.05) is 45.9 Å².